The van der Waals surface area contributed by atoms with Crippen LogP contribution in [0.15, 0.2) is 164 Å². The Labute approximate surface area is 695 Å². The second kappa shape index (κ2) is 32.5. The number of ether oxygens (including phenoxy) is 5. The number of ketones is 4. The quantitative estimate of drug-likeness (QED) is 0.0360. The van der Waals surface area contributed by atoms with E-state index in [2.05, 4.69) is 49.8 Å². The van der Waals surface area contributed by atoms with Gasteiger partial charge in [-0.1, -0.05) is 94.6 Å². The molecule has 0 spiro atoms. The minimum Gasteiger partial charge on any atom is -0.475 e. The number of anilines is 2. The Bertz CT molecular complexity index is 4760. The Morgan fingerprint density at radius 2 is 0.966 bits per heavy atom. The number of rotatable bonds is 17. The Kier molecular flexibility index (Phi) is 24.7. The SMILES string of the molecule is C[C@H](N)C(=O)Nc1ccc(Sc2ccc([C@@H]3O[C@@H]4C[C@H]5[C@@H]6C[C@H](F)C7=CC(=O)C=C[C@]7(C)[C@@]6(F)[C@@H](O)C[C@]5(C)[C@]4(C(=O)CO)O3)cc2)cc1.C[C@H](NC(=O)OC(C)(C)C)C(=O)Nc1ccc(Sc2ccc([C@@H]3O[C@@H]4C[C@H]5[C@@H]6C[C@H](F)C7=CC(=O)C=C[C@]7(C)[C@@]6(F)[C@@H](O)C[C@]5(C)[C@]4(C(=O)CO[Si](C)(C)C(C)(C)C)O3)cc2)cc1.O=C(O)C(F)(F)F. The number of Topliss-reactive ketones (excluding diaryl/α,β-unsaturated/α-hetero) is 2. The number of carboxylic acids is 1. The van der Waals surface area contributed by atoms with Crippen LogP contribution in [0.4, 0.5) is 46.9 Å². The van der Waals surface area contributed by atoms with Gasteiger partial charge in [-0.15, -0.1) is 0 Å². The fourth-order valence-electron chi connectivity index (χ4n) is 19.8. The van der Waals surface area contributed by atoms with Crippen LogP contribution in [0.25, 0.3) is 0 Å². The van der Waals surface area contributed by atoms with Crippen LogP contribution >= 0.6 is 23.5 Å². The molecule has 0 radical (unpaired) electrons. The van der Waals surface area contributed by atoms with E-state index in [1.54, 1.807) is 72.7 Å². The van der Waals surface area contributed by atoms with E-state index in [0.29, 0.717) is 22.5 Å². The van der Waals surface area contributed by atoms with Crippen LogP contribution < -0.4 is 21.7 Å². The van der Waals surface area contributed by atoms with Crippen molar-refractivity contribution in [3.63, 3.8) is 0 Å². The first-order chi connectivity index (χ1) is 55.3. The lowest BCUT2D eigenvalue weighted by Crippen LogP contribution is -2.71. The topological polar surface area (TPSA) is 335 Å². The van der Waals surface area contributed by atoms with Gasteiger partial charge in [0.25, 0.3) is 0 Å². The number of hydrogen-bond donors (Lipinski definition) is 8. The standard InChI is InChI=1S/C48H62F2N2O9SSi.C37H40F2N2O7S.C2HF3O2/c1-27(51-42(57)61-43(2,3)4)40(56)52-29-14-18-32(19-15-29)62-31-16-12-28(13-17-31)41-59-39-24-33-34-23-36(49)35-22-30(53)20-21-45(35,8)47(34,50)37(54)25-46(33,9)48(39,60-41)38(55)26-58-63(10,11)44(5,6)7;1-19(40)32(46)41-21-6-10-24(11-7-21)49-23-8-4-20(5-9-23)33-47-31-16-25-26-15-28(38)27-14-22(43)12-13-34(27,2)36(26,39)29(44)17-35(25,3)37(31,48-33)30(45)18-42;3-2(4,5)1(6)7/h12-22,27,33-34,36-37,39,41,54H,23-26H2,1-11H3,(H,51,57)(H,52,56);4-14,19,25-26,28-29,31,33,42,44H,15-18,40H2,1-3H3,(H,41,46);(H,6,7)/t27-,33-,34-,36-,37-,39+,41+,45-,46-,47-,48+;19-,25-,26-,28-,29-,31+,33+,34-,35-,36-,37+;/m00./s1. The molecule has 6 saturated carbocycles. The molecule has 644 valence electrons. The summed E-state index contributed by atoms with van der Waals surface area (Å²) in [7, 11) is -2.43. The van der Waals surface area contributed by atoms with E-state index >= 15 is 17.6 Å². The van der Waals surface area contributed by atoms with Crippen LogP contribution in [0.2, 0.25) is 18.1 Å². The highest BCUT2D eigenvalue weighted by molar-refractivity contribution is 7.99. The summed E-state index contributed by atoms with van der Waals surface area (Å²) >= 11 is 3.00. The van der Waals surface area contributed by atoms with Gasteiger partial charge in [-0.25, -0.2) is 27.2 Å². The second-order valence-electron chi connectivity index (χ2n) is 36.2. The van der Waals surface area contributed by atoms with Gasteiger partial charge in [0.05, 0.1) is 37.1 Å². The first-order valence-corrected chi connectivity index (χ1v) is 44.1. The number of amides is 3. The number of alkyl carbamates (subject to hydrolysis) is 1. The first-order valence-electron chi connectivity index (χ1n) is 39.6. The van der Waals surface area contributed by atoms with E-state index in [1.165, 1.54) is 60.8 Å². The van der Waals surface area contributed by atoms with E-state index in [9.17, 15) is 62.1 Å². The van der Waals surface area contributed by atoms with Crippen LogP contribution in [0.5, 0.6) is 0 Å². The Morgan fingerprint density at radius 1 is 0.597 bits per heavy atom. The summed E-state index contributed by atoms with van der Waals surface area (Å²) in [5.41, 5.74) is -5.95. The van der Waals surface area contributed by atoms with Crippen molar-refractivity contribution in [3.05, 3.63) is 156 Å². The predicted molar refractivity (Wildman–Crippen MR) is 429 cm³/mol. The third kappa shape index (κ3) is 16.0. The molecule has 8 aliphatic carbocycles. The van der Waals surface area contributed by atoms with Crippen LogP contribution in [-0.2, 0) is 61.7 Å². The molecule has 22 atom stereocenters. The molecule has 2 aliphatic heterocycles. The summed E-state index contributed by atoms with van der Waals surface area (Å²) in [6.45, 7) is 24.4. The second-order valence-corrected chi connectivity index (χ2v) is 43.3. The van der Waals surface area contributed by atoms with E-state index in [1.807, 2.05) is 79.7 Å². The van der Waals surface area contributed by atoms with Gasteiger partial charge in [-0.05, 0) is 225 Å². The number of alkyl halides is 7. The van der Waals surface area contributed by atoms with Gasteiger partial charge < -0.3 is 70.2 Å². The van der Waals surface area contributed by atoms with Gasteiger partial charge in [0, 0.05) is 75.6 Å². The van der Waals surface area contributed by atoms with Crippen LogP contribution in [0, 0.1) is 45.3 Å². The Hall–Kier alpha value is -7.73. The van der Waals surface area contributed by atoms with E-state index < -0.39 is 191 Å². The average Bonchev–Trinajstić information content (AvgIpc) is 0.972. The normalized spacial score (nSPS) is 35.1. The van der Waals surface area contributed by atoms with Gasteiger partial charge in [0.2, 0.25) is 11.8 Å². The molecule has 32 heteroatoms. The molecule has 119 heavy (non-hydrogen) atoms. The molecular weight excluding hydrogens is 1610 g/mol. The monoisotopic (exact) mass is 1720 g/mol. The molecule has 4 aromatic rings. The fourth-order valence-corrected chi connectivity index (χ4v) is 22.4. The van der Waals surface area contributed by atoms with E-state index in [-0.39, 0.29) is 73.0 Å². The zero-order chi connectivity index (χ0) is 87.5. The number of carbonyl (C=O) groups is 8. The van der Waals surface area contributed by atoms with Crippen molar-refractivity contribution in [2.24, 2.45) is 51.1 Å². The third-order valence-electron chi connectivity index (χ3n) is 26.9. The number of aliphatic hydroxyl groups is 3. The summed E-state index contributed by atoms with van der Waals surface area (Å²) in [6, 6.07) is 28.2. The number of benzene rings is 4. The number of aliphatic carboxylic acids is 1. The molecule has 22 nitrogen and oxygen atoms in total. The van der Waals surface area contributed by atoms with E-state index in [4.69, 9.17) is 43.7 Å². The maximum atomic E-state index is 18.1. The number of carboxylic acid groups (broad SMARTS) is 1. The van der Waals surface area contributed by atoms with Crippen molar-refractivity contribution in [3.8, 4) is 0 Å². The summed E-state index contributed by atoms with van der Waals surface area (Å²) in [6.07, 6.45) is -8.76. The van der Waals surface area contributed by atoms with Crippen molar-refractivity contribution in [2.45, 2.75) is 255 Å². The summed E-state index contributed by atoms with van der Waals surface area (Å²) in [4.78, 5) is 103. The van der Waals surface area contributed by atoms with Crippen molar-refractivity contribution in [1.82, 2.24) is 5.32 Å². The lowest BCUT2D eigenvalue weighted by Gasteiger charge is -2.63. The largest absolute Gasteiger partial charge is 0.490 e. The van der Waals surface area contributed by atoms with Crippen LogP contribution in [0.3, 0.4) is 0 Å². The third-order valence-corrected chi connectivity index (χ3v) is 33.4. The molecule has 2 heterocycles. The fraction of sp³-hybridized carbons (Fsp3) is 0.540. The minimum atomic E-state index is -5.08. The number of hydrogen-bond acceptors (Lipinski definition) is 20. The van der Waals surface area contributed by atoms with Gasteiger partial charge in [0.1, 0.15) is 30.6 Å². The molecule has 0 bridgehead atoms. The highest BCUT2D eigenvalue weighted by Gasteiger charge is 2.82. The lowest BCUT2D eigenvalue weighted by atomic mass is 9.44. The number of nitrogens with two attached hydrogens (primary N) is 1. The maximum absolute atomic E-state index is 18.1. The molecule has 2 saturated heterocycles. The zero-order valence-electron chi connectivity index (χ0n) is 68.5. The van der Waals surface area contributed by atoms with Crippen molar-refractivity contribution in [2.75, 3.05) is 23.8 Å². The van der Waals surface area contributed by atoms with E-state index in [0.717, 1.165) is 25.7 Å². The molecule has 9 N–H and O–H groups in total. The molecule has 10 aliphatic rings. The predicted octanol–water partition coefficient (Wildman–Crippen LogP) is 14.8. The lowest BCUT2D eigenvalue weighted by molar-refractivity contribution is -0.235. The molecule has 14 rings (SSSR count). The van der Waals surface area contributed by atoms with Gasteiger partial charge >= 0.3 is 18.2 Å². The van der Waals surface area contributed by atoms with Crippen LogP contribution in [0.1, 0.15) is 145 Å². The number of fused-ring (bicyclic) bond motifs is 14. The molecule has 4 aromatic carbocycles. The summed E-state index contributed by atoms with van der Waals surface area (Å²) in [5, 5.41) is 49.0. The Balaban J connectivity index is 0.000000207. The maximum Gasteiger partial charge on any atom is 0.490 e. The van der Waals surface area contributed by atoms with Crippen LogP contribution in [-0.4, -0.2) is 172 Å². The highest BCUT2D eigenvalue weighted by Crippen LogP contribution is 2.75. The van der Waals surface area contributed by atoms with Gasteiger partial charge in [-0.3, -0.25) is 28.8 Å². The molecule has 3 amide bonds. The number of carbonyl (C=O) groups excluding carboxylic acids is 7. The minimum absolute atomic E-state index is 0.0256. The highest BCUT2D eigenvalue weighted by atomic mass is 32.2. The van der Waals surface area contributed by atoms with Gasteiger partial charge in [-0.2, -0.15) is 13.2 Å². The smallest absolute Gasteiger partial charge is 0.475 e. The molecular formula is C87H103F7N4O18S2Si. The number of nitrogens with one attached hydrogen (secondary N) is 3. The Morgan fingerprint density at radius 3 is 1.32 bits per heavy atom. The van der Waals surface area contributed by atoms with Crippen molar-refractivity contribution in [1.29, 1.82) is 0 Å². The van der Waals surface area contributed by atoms with Crippen molar-refractivity contribution < 1.29 is 118 Å². The van der Waals surface area contributed by atoms with Gasteiger partial charge in [0.15, 0.2) is 66.6 Å². The summed E-state index contributed by atoms with van der Waals surface area (Å²) < 4.78 is 138. The number of allylic oxidation sites excluding steroid dienone is 8. The average molecular weight is 1720 g/mol. The number of aliphatic hydroxyl groups excluding tert-OH is 3. The molecule has 0 aromatic heterocycles. The zero-order valence-corrected chi connectivity index (χ0v) is 71.1. The summed E-state index contributed by atoms with van der Waals surface area (Å²) in [5.74, 6) is -8.48. The van der Waals surface area contributed by atoms with Crippen molar-refractivity contribution >= 4 is 90.2 Å². The first kappa shape index (κ1) is 90.5. The molecule has 0 unspecified atom stereocenters. The molecule has 8 fully saturated rings. The number of halogens is 7.